The highest BCUT2D eigenvalue weighted by atomic mass is 16.5. The van der Waals surface area contributed by atoms with Gasteiger partial charge in [0.2, 0.25) is 5.91 Å². The number of methoxy groups -OCH3 is 2. The van der Waals surface area contributed by atoms with Gasteiger partial charge < -0.3 is 25.3 Å². The molecule has 1 aliphatic rings. The highest BCUT2D eigenvalue weighted by molar-refractivity contribution is 6.03. The third-order valence-electron chi connectivity index (χ3n) is 5.69. The Morgan fingerprint density at radius 1 is 1.00 bits per heavy atom. The van der Waals surface area contributed by atoms with E-state index in [4.69, 9.17) is 15.2 Å². The van der Waals surface area contributed by atoms with Crippen LogP contribution in [0.25, 0.3) is 0 Å². The molecule has 0 aliphatic carbocycles. The molecule has 33 heavy (non-hydrogen) atoms. The number of ether oxygens (including phenoxy) is 3. The zero-order valence-electron chi connectivity index (χ0n) is 18.5. The fourth-order valence-electron chi connectivity index (χ4n) is 3.95. The van der Waals surface area contributed by atoms with Gasteiger partial charge in [0.1, 0.15) is 11.8 Å². The SMILES string of the molecule is COC(=O)C(N)Cc1ccc(Oc2ccc(CC3C(=O)Nc4ccccc43)cc2OC)cc1. The Balaban J connectivity index is 1.45. The number of nitrogens with two attached hydrogens (primary N) is 1. The molecule has 7 nitrogen and oxygen atoms in total. The fraction of sp³-hybridized carbons (Fsp3) is 0.231. The lowest BCUT2D eigenvalue weighted by Gasteiger charge is -2.14. The summed E-state index contributed by atoms with van der Waals surface area (Å²) in [7, 11) is 2.90. The van der Waals surface area contributed by atoms with Crippen molar-refractivity contribution in [2.75, 3.05) is 19.5 Å². The molecule has 1 aliphatic heterocycles. The minimum atomic E-state index is -0.705. The predicted octanol–water partition coefficient (Wildman–Crippen LogP) is 3.81. The molecule has 0 bridgehead atoms. The molecule has 0 fully saturated rings. The third kappa shape index (κ3) is 4.99. The van der Waals surface area contributed by atoms with Crippen molar-refractivity contribution in [2.24, 2.45) is 5.73 Å². The first kappa shape index (κ1) is 22.4. The lowest BCUT2D eigenvalue weighted by Crippen LogP contribution is -2.33. The lowest BCUT2D eigenvalue weighted by atomic mass is 9.93. The number of benzene rings is 3. The molecule has 170 valence electrons. The quantitative estimate of drug-likeness (QED) is 0.511. The van der Waals surface area contributed by atoms with Crippen LogP contribution < -0.4 is 20.5 Å². The molecule has 3 aromatic rings. The Labute approximate surface area is 192 Å². The van der Waals surface area contributed by atoms with E-state index in [-0.39, 0.29) is 11.8 Å². The van der Waals surface area contributed by atoms with Crippen LogP contribution in [0.15, 0.2) is 66.7 Å². The summed E-state index contributed by atoms with van der Waals surface area (Å²) >= 11 is 0. The molecule has 1 heterocycles. The molecule has 7 heteroatoms. The van der Waals surface area contributed by atoms with Crippen molar-refractivity contribution in [3.05, 3.63) is 83.4 Å². The first-order chi connectivity index (χ1) is 16.0. The molecular formula is C26H26N2O5. The number of hydrogen-bond acceptors (Lipinski definition) is 6. The van der Waals surface area contributed by atoms with Crippen LogP contribution in [0.1, 0.15) is 22.6 Å². The second-order valence-electron chi connectivity index (χ2n) is 7.90. The summed E-state index contributed by atoms with van der Waals surface area (Å²) in [6.45, 7) is 0. The largest absolute Gasteiger partial charge is 0.493 e. The number of hydrogen-bond donors (Lipinski definition) is 2. The number of carbonyl (C=O) groups excluding carboxylic acids is 2. The number of nitrogens with one attached hydrogen (secondary N) is 1. The first-order valence-corrected chi connectivity index (χ1v) is 10.7. The Hall–Kier alpha value is -3.84. The molecule has 4 rings (SSSR count). The van der Waals surface area contributed by atoms with Crippen molar-refractivity contribution in [2.45, 2.75) is 24.8 Å². The van der Waals surface area contributed by atoms with Crippen LogP contribution >= 0.6 is 0 Å². The van der Waals surface area contributed by atoms with E-state index in [0.717, 1.165) is 22.4 Å². The Bertz CT molecular complexity index is 1160. The summed E-state index contributed by atoms with van der Waals surface area (Å²) in [5.74, 6) is 1.09. The Kier molecular flexibility index (Phi) is 6.60. The molecule has 0 saturated carbocycles. The van der Waals surface area contributed by atoms with Crippen molar-refractivity contribution in [1.82, 2.24) is 0 Å². The molecule has 0 aromatic heterocycles. The van der Waals surface area contributed by atoms with E-state index in [2.05, 4.69) is 10.1 Å². The minimum absolute atomic E-state index is 0.00232. The van der Waals surface area contributed by atoms with E-state index < -0.39 is 12.0 Å². The van der Waals surface area contributed by atoms with E-state index >= 15 is 0 Å². The monoisotopic (exact) mass is 446 g/mol. The normalized spacial score (nSPS) is 15.4. The molecule has 3 N–H and O–H groups in total. The van der Waals surface area contributed by atoms with Crippen LogP contribution in [0.3, 0.4) is 0 Å². The zero-order chi connectivity index (χ0) is 23.4. The van der Waals surface area contributed by atoms with Gasteiger partial charge in [-0.3, -0.25) is 9.59 Å². The summed E-state index contributed by atoms with van der Waals surface area (Å²) in [6, 6.07) is 20.1. The number of rotatable bonds is 8. The van der Waals surface area contributed by atoms with Gasteiger partial charge in [-0.05, 0) is 59.9 Å². The maximum Gasteiger partial charge on any atom is 0.322 e. The lowest BCUT2D eigenvalue weighted by molar-refractivity contribution is -0.142. The average molecular weight is 447 g/mol. The maximum absolute atomic E-state index is 12.4. The number of amides is 1. The summed E-state index contributed by atoms with van der Waals surface area (Å²) in [6.07, 6.45) is 0.942. The summed E-state index contributed by atoms with van der Waals surface area (Å²) in [5, 5.41) is 2.94. The van der Waals surface area contributed by atoms with Crippen molar-refractivity contribution < 1.29 is 23.8 Å². The van der Waals surface area contributed by atoms with Gasteiger partial charge >= 0.3 is 5.97 Å². The van der Waals surface area contributed by atoms with Crippen LogP contribution in [0.2, 0.25) is 0 Å². The standard InChI is InChI=1S/C26H26N2O5/c1-31-24-15-17(13-20-19-5-3-4-6-22(19)28-25(20)29)9-12-23(24)33-18-10-7-16(8-11-18)14-21(27)26(30)32-2/h3-12,15,20-21H,13-14,27H2,1-2H3,(H,28,29). The molecule has 2 unspecified atom stereocenters. The highest BCUT2D eigenvalue weighted by Crippen LogP contribution is 2.37. The minimum Gasteiger partial charge on any atom is -0.493 e. The van der Waals surface area contributed by atoms with Crippen molar-refractivity contribution in [3.8, 4) is 17.2 Å². The molecular weight excluding hydrogens is 420 g/mol. The summed E-state index contributed by atoms with van der Waals surface area (Å²) < 4.78 is 16.2. The van der Waals surface area contributed by atoms with Gasteiger partial charge in [-0.25, -0.2) is 0 Å². The van der Waals surface area contributed by atoms with Gasteiger partial charge in [0, 0.05) is 5.69 Å². The van der Waals surface area contributed by atoms with Gasteiger partial charge in [-0.2, -0.15) is 0 Å². The van der Waals surface area contributed by atoms with Crippen LogP contribution in [0.5, 0.6) is 17.2 Å². The maximum atomic E-state index is 12.4. The van der Waals surface area contributed by atoms with Gasteiger partial charge in [0.05, 0.1) is 20.1 Å². The van der Waals surface area contributed by atoms with E-state index in [9.17, 15) is 9.59 Å². The van der Waals surface area contributed by atoms with Gasteiger partial charge in [0.15, 0.2) is 11.5 Å². The Morgan fingerprint density at radius 2 is 1.73 bits per heavy atom. The summed E-state index contributed by atoms with van der Waals surface area (Å²) in [4.78, 5) is 23.9. The second kappa shape index (κ2) is 9.75. The number of anilines is 1. The van der Waals surface area contributed by atoms with E-state index in [1.807, 2.05) is 66.7 Å². The molecule has 1 amide bonds. The van der Waals surface area contributed by atoms with Crippen molar-refractivity contribution >= 4 is 17.6 Å². The second-order valence-corrected chi connectivity index (χ2v) is 7.90. The van der Waals surface area contributed by atoms with E-state index in [1.165, 1.54) is 7.11 Å². The topological polar surface area (TPSA) is 99.9 Å². The zero-order valence-corrected chi connectivity index (χ0v) is 18.5. The van der Waals surface area contributed by atoms with Crippen LogP contribution in [-0.4, -0.2) is 32.1 Å². The van der Waals surface area contributed by atoms with Gasteiger partial charge in [-0.1, -0.05) is 36.4 Å². The number of esters is 1. The van der Waals surface area contributed by atoms with Gasteiger partial charge in [0.25, 0.3) is 0 Å². The highest BCUT2D eigenvalue weighted by Gasteiger charge is 2.30. The average Bonchev–Trinajstić information content (AvgIpc) is 3.15. The fourth-order valence-corrected chi connectivity index (χ4v) is 3.95. The number of para-hydroxylation sites is 1. The Morgan fingerprint density at radius 3 is 2.45 bits per heavy atom. The predicted molar refractivity (Wildman–Crippen MR) is 125 cm³/mol. The number of carbonyl (C=O) groups is 2. The van der Waals surface area contributed by atoms with Crippen LogP contribution in [0.4, 0.5) is 5.69 Å². The molecule has 0 saturated heterocycles. The van der Waals surface area contributed by atoms with Crippen LogP contribution in [-0.2, 0) is 27.2 Å². The third-order valence-corrected chi connectivity index (χ3v) is 5.69. The smallest absolute Gasteiger partial charge is 0.322 e. The van der Waals surface area contributed by atoms with E-state index in [1.54, 1.807) is 7.11 Å². The first-order valence-electron chi connectivity index (χ1n) is 10.7. The molecule has 2 atom stereocenters. The van der Waals surface area contributed by atoms with Gasteiger partial charge in [-0.15, -0.1) is 0 Å². The van der Waals surface area contributed by atoms with Crippen LogP contribution in [0, 0.1) is 0 Å². The van der Waals surface area contributed by atoms with Crippen molar-refractivity contribution in [1.29, 1.82) is 0 Å². The van der Waals surface area contributed by atoms with E-state index in [0.29, 0.717) is 30.1 Å². The molecule has 0 spiro atoms. The molecule has 0 radical (unpaired) electrons. The van der Waals surface area contributed by atoms with Crippen molar-refractivity contribution in [3.63, 3.8) is 0 Å². The summed E-state index contributed by atoms with van der Waals surface area (Å²) in [5.41, 5.74) is 9.57. The molecule has 3 aromatic carbocycles. The number of fused-ring (bicyclic) bond motifs is 1.